The van der Waals surface area contributed by atoms with Gasteiger partial charge in [-0.1, -0.05) is 20.8 Å². The third kappa shape index (κ3) is 6.12. The van der Waals surface area contributed by atoms with Gasteiger partial charge >= 0.3 is 12.0 Å². The summed E-state index contributed by atoms with van der Waals surface area (Å²) in [4.78, 5) is 35.1. The Bertz CT molecular complexity index is 395. The molecule has 0 atom stereocenters. The molecule has 1 rings (SSSR count). The maximum atomic E-state index is 11.9. The number of piperidine rings is 1. The van der Waals surface area contributed by atoms with Crippen molar-refractivity contribution in [2.45, 2.75) is 33.6 Å². The molecule has 0 aromatic rings. The Morgan fingerprint density at radius 3 is 2.24 bits per heavy atom. The summed E-state index contributed by atoms with van der Waals surface area (Å²) < 4.78 is 4.62. The molecule has 0 aliphatic carbocycles. The van der Waals surface area contributed by atoms with Gasteiger partial charge < -0.3 is 14.7 Å². The first-order valence-corrected chi connectivity index (χ1v) is 7.08. The van der Waals surface area contributed by atoms with Crippen LogP contribution in [0.15, 0.2) is 0 Å². The van der Waals surface area contributed by atoms with Gasteiger partial charge in [0.2, 0.25) is 0 Å². The molecule has 21 heavy (non-hydrogen) atoms. The Balaban J connectivity index is 2.31. The molecule has 0 saturated carbocycles. The minimum Gasteiger partial charge on any atom is -0.480 e. The number of rotatable bonds is 4. The van der Waals surface area contributed by atoms with E-state index in [0.717, 1.165) is 12.8 Å². The fourth-order valence-corrected chi connectivity index (χ4v) is 2.41. The van der Waals surface area contributed by atoms with Crippen LogP contribution in [-0.2, 0) is 14.3 Å². The number of likely N-dealkylation sites (tertiary alicyclic amines) is 1. The normalized spacial score (nSPS) is 16.6. The first-order valence-electron chi connectivity index (χ1n) is 7.08. The number of hydrogen-bond acceptors (Lipinski definition) is 4. The first-order chi connectivity index (χ1) is 9.70. The van der Waals surface area contributed by atoms with Gasteiger partial charge in [-0.2, -0.15) is 0 Å². The van der Waals surface area contributed by atoms with E-state index in [4.69, 9.17) is 5.11 Å². The van der Waals surface area contributed by atoms with Gasteiger partial charge in [0.1, 0.15) is 13.2 Å². The number of urea groups is 1. The Hall–Kier alpha value is -1.63. The number of carbonyl (C=O) groups is 3. The van der Waals surface area contributed by atoms with E-state index in [1.807, 2.05) is 0 Å². The summed E-state index contributed by atoms with van der Waals surface area (Å²) in [6.07, 6.45) is 1.83. The van der Waals surface area contributed by atoms with Gasteiger partial charge in [-0.05, 0) is 24.2 Å². The van der Waals surface area contributed by atoms with Crippen LogP contribution in [-0.4, -0.2) is 54.2 Å². The van der Waals surface area contributed by atoms with Gasteiger partial charge in [-0.3, -0.25) is 10.1 Å². The molecule has 1 heterocycles. The maximum absolute atomic E-state index is 11.9. The lowest BCUT2D eigenvalue weighted by atomic mass is 9.75. The minimum absolute atomic E-state index is 0.225. The summed E-state index contributed by atoms with van der Waals surface area (Å²) in [5.41, 5.74) is 0.225. The third-order valence-corrected chi connectivity index (χ3v) is 3.71. The summed E-state index contributed by atoms with van der Waals surface area (Å²) in [5, 5.41) is 10.6. The monoisotopic (exact) mass is 300 g/mol. The second-order valence-electron chi connectivity index (χ2n) is 6.37. The van der Waals surface area contributed by atoms with Gasteiger partial charge in [0.15, 0.2) is 0 Å². The Labute approximate surface area is 124 Å². The molecule has 0 bridgehead atoms. The highest BCUT2D eigenvalue weighted by molar-refractivity contribution is 5.95. The van der Waals surface area contributed by atoms with E-state index < -0.39 is 31.1 Å². The number of hydrogen-bond donors (Lipinski definition) is 2. The molecular formula is C14H24N2O5. The SMILES string of the molecule is CC(C)(C)C1CCN(C(=O)NC(=O)COCC(=O)O)CC1. The molecule has 0 aromatic carbocycles. The summed E-state index contributed by atoms with van der Waals surface area (Å²) in [6.45, 7) is 6.83. The molecule has 1 aliphatic heterocycles. The second kappa shape index (κ2) is 7.40. The molecule has 0 spiro atoms. The van der Waals surface area contributed by atoms with Crippen molar-refractivity contribution < 1.29 is 24.2 Å². The highest BCUT2D eigenvalue weighted by Crippen LogP contribution is 2.34. The summed E-state index contributed by atoms with van der Waals surface area (Å²) in [7, 11) is 0. The van der Waals surface area contributed by atoms with Crippen LogP contribution in [0.25, 0.3) is 0 Å². The number of carbonyl (C=O) groups excluding carboxylic acids is 2. The number of carboxylic acids is 1. The van der Waals surface area contributed by atoms with E-state index in [9.17, 15) is 14.4 Å². The third-order valence-electron chi connectivity index (χ3n) is 3.71. The van der Waals surface area contributed by atoms with E-state index in [1.54, 1.807) is 4.90 Å². The van der Waals surface area contributed by atoms with Crippen LogP contribution in [0.5, 0.6) is 0 Å². The standard InChI is InChI=1S/C14H24N2O5/c1-14(2,3)10-4-6-16(7-5-10)13(20)15-11(17)8-21-9-12(18)19/h10H,4-9H2,1-3H3,(H,18,19)(H,15,17,20). The average molecular weight is 300 g/mol. The van der Waals surface area contributed by atoms with Crippen LogP contribution in [0.2, 0.25) is 0 Å². The largest absolute Gasteiger partial charge is 0.480 e. The topological polar surface area (TPSA) is 95.9 Å². The molecule has 120 valence electrons. The van der Waals surface area contributed by atoms with Crippen LogP contribution in [0.4, 0.5) is 4.79 Å². The highest BCUT2D eigenvalue weighted by atomic mass is 16.5. The van der Waals surface area contributed by atoms with Gasteiger partial charge in [-0.25, -0.2) is 9.59 Å². The molecule has 0 radical (unpaired) electrons. The zero-order chi connectivity index (χ0) is 16.0. The quantitative estimate of drug-likeness (QED) is 0.810. The maximum Gasteiger partial charge on any atom is 0.329 e. The molecule has 0 unspecified atom stereocenters. The second-order valence-corrected chi connectivity index (χ2v) is 6.37. The highest BCUT2D eigenvalue weighted by Gasteiger charge is 2.30. The molecule has 3 amide bonds. The first kappa shape index (κ1) is 17.4. The lowest BCUT2D eigenvalue weighted by Gasteiger charge is -2.38. The summed E-state index contributed by atoms with van der Waals surface area (Å²) in [5.74, 6) is -1.21. The molecular weight excluding hydrogens is 276 g/mol. The van der Waals surface area contributed by atoms with Crippen molar-refractivity contribution in [1.29, 1.82) is 0 Å². The fraction of sp³-hybridized carbons (Fsp3) is 0.786. The van der Waals surface area contributed by atoms with Gasteiger partial charge in [0.05, 0.1) is 0 Å². The Morgan fingerprint density at radius 1 is 1.19 bits per heavy atom. The van der Waals surface area contributed by atoms with Crippen molar-refractivity contribution in [3.63, 3.8) is 0 Å². The number of nitrogens with one attached hydrogen (secondary N) is 1. The van der Waals surface area contributed by atoms with Crippen molar-refractivity contribution in [3.8, 4) is 0 Å². The van der Waals surface area contributed by atoms with Crippen LogP contribution < -0.4 is 5.32 Å². The van der Waals surface area contributed by atoms with Gasteiger partial charge in [0, 0.05) is 13.1 Å². The number of imide groups is 1. The van der Waals surface area contributed by atoms with Crippen LogP contribution >= 0.6 is 0 Å². The van der Waals surface area contributed by atoms with E-state index in [2.05, 4.69) is 30.8 Å². The van der Waals surface area contributed by atoms with E-state index in [-0.39, 0.29) is 5.41 Å². The van der Waals surface area contributed by atoms with Crippen LogP contribution in [0.1, 0.15) is 33.6 Å². The van der Waals surface area contributed by atoms with Crippen molar-refractivity contribution in [3.05, 3.63) is 0 Å². The Morgan fingerprint density at radius 2 is 1.76 bits per heavy atom. The number of carboxylic acid groups (broad SMARTS) is 1. The van der Waals surface area contributed by atoms with E-state index in [1.165, 1.54) is 0 Å². The smallest absolute Gasteiger partial charge is 0.329 e. The van der Waals surface area contributed by atoms with Crippen LogP contribution in [0.3, 0.4) is 0 Å². The summed E-state index contributed by atoms with van der Waals surface area (Å²) >= 11 is 0. The lowest BCUT2D eigenvalue weighted by Crippen LogP contribution is -2.48. The van der Waals surface area contributed by atoms with Crippen LogP contribution in [0, 0.1) is 11.3 Å². The Kier molecular flexibility index (Phi) is 6.14. The predicted molar refractivity (Wildman–Crippen MR) is 75.7 cm³/mol. The van der Waals surface area contributed by atoms with Crippen molar-refractivity contribution in [1.82, 2.24) is 10.2 Å². The lowest BCUT2D eigenvalue weighted by molar-refractivity contribution is -0.143. The van der Waals surface area contributed by atoms with Crippen molar-refractivity contribution in [2.75, 3.05) is 26.3 Å². The van der Waals surface area contributed by atoms with E-state index in [0.29, 0.717) is 19.0 Å². The molecule has 7 heteroatoms. The van der Waals surface area contributed by atoms with E-state index >= 15 is 0 Å². The van der Waals surface area contributed by atoms with Gasteiger partial charge in [-0.15, -0.1) is 0 Å². The predicted octanol–water partition coefficient (Wildman–Crippen LogP) is 1.08. The molecule has 1 saturated heterocycles. The molecule has 1 fully saturated rings. The van der Waals surface area contributed by atoms with Crippen molar-refractivity contribution >= 4 is 17.9 Å². The molecule has 7 nitrogen and oxygen atoms in total. The number of aliphatic carboxylic acids is 1. The molecule has 2 N–H and O–H groups in total. The zero-order valence-electron chi connectivity index (χ0n) is 12.8. The molecule has 1 aliphatic rings. The minimum atomic E-state index is -1.15. The number of amides is 3. The average Bonchev–Trinajstić information content (AvgIpc) is 2.37. The number of nitrogens with zero attached hydrogens (tertiary/aromatic N) is 1. The summed E-state index contributed by atoms with van der Waals surface area (Å²) in [6, 6.07) is -0.439. The zero-order valence-corrected chi connectivity index (χ0v) is 12.8. The fourth-order valence-electron chi connectivity index (χ4n) is 2.41. The van der Waals surface area contributed by atoms with Crippen molar-refractivity contribution in [2.24, 2.45) is 11.3 Å². The number of ether oxygens (including phenoxy) is 1. The van der Waals surface area contributed by atoms with Gasteiger partial charge in [0.25, 0.3) is 5.91 Å². The molecule has 0 aromatic heterocycles.